The summed E-state index contributed by atoms with van der Waals surface area (Å²) < 4.78 is 2.35. The second kappa shape index (κ2) is 3.86. The Bertz CT molecular complexity index is 369. The molecule has 2 unspecified atom stereocenters. The zero-order valence-corrected chi connectivity index (χ0v) is 9.84. The van der Waals surface area contributed by atoms with Crippen LogP contribution in [0.5, 0.6) is 0 Å². The van der Waals surface area contributed by atoms with Crippen molar-refractivity contribution in [3.8, 4) is 0 Å². The van der Waals surface area contributed by atoms with Gasteiger partial charge in [0, 0.05) is 24.8 Å². The van der Waals surface area contributed by atoms with E-state index in [1.807, 2.05) is 12.5 Å². The summed E-state index contributed by atoms with van der Waals surface area (Å²) in [5.74, 6) is 0. The van der Waals surface area contributed by atoms with Crippen molar-refractivity contribution >= 4 is 0 Å². The summed E-state index contributed by atoms with van der Waals surface area (Å²) in [5, 5.41) is 0. The number of likely N-dealkylation sites (N-methyl/N-ethyl adjacent to an activating group) is 1. The number of nitrogens with two attached hydrogens (primary N) is 1. The van der Waals surface area contributed by atoms with E-state index >= 15 is 0 Å². The normalized spacial score (nSPS) is 31.1. The van der Waals surface area contributed by atoms with Crippen molar-refractivity contribution in [2.75, 3.05) is 13.1 Å². The third-order valence-corrected chi connectivity index (χ3v) is 3.89. The van der Waals surface area contributed by atoms with Crippen molar-refractivity contribution in [1.29, 1.82) is 0 Å². The lowest BCUT2D eigenvalue weighted by Gasteiger charge is -2.26. The molecule has 1 aromatic rings. The van der Waals surface area contributed by atoms with Crippen LogP contribution in [-0.2, 0) is 0 Å². The molecule has 0 amide bonds. The summed E-state index contributed by atoms with van der Waals surface area (Å²) in [6.07, 6.45) is 7.70. The highest BCUT2D eigenvalue weighted by atomic mass is 15.2. The zero-order chi connectivity index (χ0) is 11.1. The van der Waals surface area contributed by atoms with Crippen molar-refractivity contribution in [3.63, 3.8) is 0 Å². The third-order valence-electron chi connectivity index (χ3n) is 3.89. The Morgan fingerprint density at radius 3 is 2.94 bits per heavy atom. The first-order valence-corrected chi connectivity index (χ1v) is 6.32. The highest BCUT2D eigenvalue weighted by Crippen LogP contribution is 2.39. The van der Waals surface area contributed by atoms with Crippen LogP contribution in [-0.4, -0.2) is 33.6 Å². The Morgan fingerprint density at radius 1 is 1.44 bits per heavy atom. The Balaban J connectivity index is 1.91. The maximum atomic E-state index is 6.24. The molecule has 16 heavy (non-hydrogen) atoms. The molecule has 0 radical (unpaired) electrons. The van der Waals surface area contributed by atoms with Crippen LogP contribution in [0.15, 0.2) is 12.5 Å². The minimum absolute atomic E-state index is 0.272. The first-order valence-electron chi connectivity index (χ1n) is 6.32. The molecule has 1 saturated carbocycles. The molecule has 0 spiro atoms. The molecule has 2 fully saturated rings. The van der Waals surface area contributed by atoms with E-state index in [2.05, 4.69) is 21.4 Å². The number of rotatable bonds is 3. The van der Waals surface area contributed by atoms with Crippen LogP contribution in [0, 0.1) is 0 Å². The first-order chi connectivity index (χ1) is 7.81. The van der Waals surface area contributed by atoms with Crippen LogP contribution in [0.4, 0.5) is 0 Å². The van der Waals surface area contributed by atoms with Crippen LogP contribution >= 0.6 is 0 Å². The van der Waals surface area contributed by atoms with E-state index in [1.165, 1.54) is 18.5 Å². The van der Waals surface area contributed by atoms with Crippen molar-refractivity contribution in [3.05, 3.63) is 18.2 Å². The summed E-state index contributed by atoms with van der Waals surface area (Å²) >= 11 is 0. The summed E-state index contributed by atoms with van der Waals surface area (Å²) in [6.45, 7) is 4.41. The monoisotopic (exact) mass is 220 g/mol. The quantitative estimate of drug-likeness (QED) is 0.835. The van der Waals surface area contributed by atoms with Crippen LogP contribution < -0.4 is 5.73 Å². The van der Waals surface area contributed by atoms with Gasteiger partial charge in [-0.1, -0.05) is 6.92 Å². The Kier molecular flexibility index (Phi) is 2.48. The number of likely N-dealkylation sites (tertiary alicyclic amines) is 1. The largest absolute Gasteiger partial charge is 0.330 e. The molecule has 2 N–H and O–H groups in total. The van der Waals surface area contributed by atoms with E-state index in [0.717, 1.165) is 19.5 Å². The van der Waals surface area contributed by atoms with Crippen LogP contribution in [0.2, 0.25) is 0 Å². The van der Waals surface area contributed by atoms with E-state index in [-0.39, 0.29) is 6.04 Å². The number of imidazole rings is 1. The number of hydrogen-bond acceptors (Lipinski definition) is 3. The molecule has 88 valence electrons. The van der Waals surface area contributed by atoms with Gasteiger partial charge in [-0.3, -0.25) is 4.90 Å². The lowest BCUT2D eigenvalue weighted by Crippen LogP contribution is -2.33. The van der Waals surface area contributed by atoms with Crippen LogP contribution in [0.3, 0.4) is 0 Å². The molecule has 1 aliphatic heterocycles. The SMILES string of the molecule is CCN1CCC(N)C1c1cncn1C1CC1. The standard InChI is InChI=1S/C12H20N4/c1-2-15-6-5-10(13)12(15)11-7-14-8-16(11)9-3-4-9/h7-10,12H,2-6,13H2,1H3. The van der Waals surface area contributed by atoms with Gasteiger partial charge < -0.3 is 10.3 Å². The molecule has 3 rings (SSSR count). The minimum atomic E-state index is 0.272. The predicted octanol–water partition coefficient (Wildman–Crippen LogP) is 1.31. The van der Waals surface area contributed by atoms with Gasteiger partial charge in [-0.2, -0.15) is 0 Å². The molecule has 4 heteroatoms. The molecule has 0 aromatic carbocycles. The highest BCUT2D eigenvalue weighted by molar-refractivity contribution is 5.14. The van der Waals surface area contributed by atoms with E-state index in [9.17, 15) is 0 Å². The van der Waals surface area contributed by atoms with Gasteiger partial charge in [0.05, 0.1) is 18.1 Å². The lowest BCUT2D eigenvalue weighted by molar-refractivity contribution is 0.251. The maximum Gasteiger partial charge on any atom is 0.0951 e. The predicted molar refractivity (Wildman–Crippen MR) is 63.1 cm³/mol. The van der Waals surface area contributed by atoms with Crippen LogP contribution in [0.25, 0.3) is 0 Å². The van der Waals surface area contributed by atoms with Crippen molar-refractivity contribution in [2.24, 2.45) is 5.73 Å². The molecule has 2 atom stereocenters. The lowest BCUT2D eigenvalue weighted by atomic mass is 10.1. The summed E-state index contributed by atoms with van der Waals surface area (Å²) in [4.78, 5) is 6.78. The molecule has 0 bridgehead atoms. The average Bonchev–Trinajstić information content (AvgIpc) is 2.90. The second-order valence-electron chi connectivity index (χ2n) is 4.98. The van der Waals surface area contributed by atoms with Gasteiger partial charge in [-0.05, 0) is 25.8 Å². The fourth-order valence-corrected chi connectivity index (χ4v) is 2.85. The van der Waals surface area contributed by atoms with Gasteiger partial charge in [0.1, 0.15) is 0 Å². The summed E-state index contributed by atoms with van der Waals surface area (Å²) in [6, 6.07) is 1.35. The first kappa shape index (κ1) is 10.3. The second-order valence-corrected chi connectivity index (χ2v) is 4.98. The molecule has 1 aromatic heterocycles. The smallest absolute Gasteiger partial charge is 0.0951 e. The van der Waals surface area contributed by atoms with Gasteiger partial charge >= 0.3 is 0 Å². The van der Waals surface area contributed by atoms with Crippen LogP contribution in [0.1, 0.15) is 44.0 Å². The minimum Gasteiger partial charge on any atom is -0.330 e. The maximum absolute atomic E-state index is 6.24. The molecule has 2 aliphatic rings. The molecular weight excluding hydrogens is 200 g/mol. The highest BCUT2D eigenvalue weighted by Gasteiger charge is 2.36. The van der Waals surface area contributed by atoms with Gasteiger partial charge in [0.2, 0.25) is 0 Å². The fraction of sp³-hybridized carbons (Fsp3) is 0.750. The van der Waals surface area contributed by atoms with E-state index in [1.54, 1.807) is 0 Å². The topological polar surface area (TPSA) is 47.1 Å². The zero-order valence-electron chi connectivity index (χ0n) is 9.84. The Hall–Kier alpha value is -0.870. The van der Waals surface area contributed by atoms with Crippen molar-refractivity contribution < 1.29 is 0 Å². The molecular formula is C12H20N4. The molecule has 4 nitrogen and oxygen atoms in total. The summed E-state index contributed by atoms with van der Waals surface area (Å²) in [5.41, 5.74) is 7.57. The Morgan fingerprint density at radius 2 is 2.25 bits per heavy atom. The van der Waals surface area contributed by atoms with Gasteiger partial charge in [-0.15, -0.1) is 0 Å². The van der Waals surface area contributed by atoms with E-state index in [0.29, 0.717) is 12.1 Å². The van der Waals surface area contributed by atoms with E-state index < -0.39 is 0 Å². The van der Waals surface area contributed by atoms with Crippen molar-refractivity contribution in [1.82, 2.24) is 14.5 Å². The molecule has 1 aliphatic carbocycles. The van der Waals surface area contributed by atoms with E-state index in [4.69, 9.17) is 5.73 Å². The number of aromatic nitrogens is 2. The third kappa shape index (κ3) is 1.57. The number of hydrogen-bond donors (Lipinski definition) is 1. The van der Waals surface area contributed by atoms with Gasteiger partial charge in [0.15, 0.2) is 0 Å². The molecule has 2 heterocycles. The summed E-state index contributed by atoms with van der Waals surface area (Å²) in [7, 11) is 0. The average molecular weight is 220 g/mol. The Labute approximate surface area is 96.4 Å². The van der Waals surface area contributed by atoms with Crippen molar-refractivity contribution in [2.45, 2.75) is 44.3 Å². The fourth-order valence-electron chi connectivity index (χ4n) is 2.85. The van der Waals surface area contributed by atoms with Gasteiger partial charge in [-0.25, -0.2) is 4.98 Å². The molecule has 1 saturated heterocycles. The van der Waals surface area contributed by atoms with Gasteiger partial charge in [0.25, 0.3) is 0 Å². The number of nitrogens with zero attached hydrogens (tertiary/aromatic N) is 3.